The van der Waals surface area contributed by atoms with Crippen molar-refractivity contribution in [2.24, 2.45) is 5.92 Å². The molecule has 98 valence electrons. The van der Waals surface area contributed by atoms with Gasteiger partial charge in [-0.1, -0.05) is 6.92 Å². The third-order valence-corrected chi connectivity index (χ3v) is 4.60. The number of benzene rings is 1. The van der Waals surface area contributed by atoms with Gasteiger partial charge in [0.1, 0.15) is 0 Å². The molecule has 4 nitrogen and oxygen atoms in total. The van der Waals surface area contributed by atoms with Crippen molar-refractivity contribution in [1.82, 2.24) is 0 Å². The standard InChI is InChI=1S/C12H13BrINO3/c1-7(5-12(17)18)4-11(16)15-8-2-3-10(14)9(13)6-8/h2-3,6-7H,4-5H2,1H3,(H,15,16)(H,17,18). The second kappa shape index (κ2) is 7.08. The zero-order valence-corrected chi connectivity index (χ0v) is 13.5. The second-order valence-electron chi connectivity index (χ2n) is 4.08. The van der Waals surface area contributed by atoms with Gasteiger partial charge in [-0.15, -0.1) is 0 Å². The average molecular weight is 426 g/mol. The molecule has 1 atom stereocenters. The first-order valence-corrected chi connectivity index (χ1v) is 7.22. The summed E-state index contributed by atoms with van der Waals surface area (Å²) in [5.74, 6) is -1.22. The Morgan fingerprint density at radius 3 is 2.67 bits per heavy atom. The number of carboxylic acid groups (broad SMARTS) is 1. The molecule has 0 aliphatic rings. The van der Waals surface area contributed by atoms with Gasteiger partial charge in [-0.3, -0.25) is 9.59 Å². The van der Waals surface area contributed by atoms with Crippen molar-refractivity contribution >= 4 is 56.1 Å². The monoisotopic (exact) mass is 425 g/mol. The number of rotatable bonds is 5. The molecule has 0 spiro atoms. The first-order chi connectivity index (χ1) is 8.38. The third kappa shape index (κ3) is 5.34. The van der Waals surface area contributed by atoms with Crippen molar-refractivity contribution in [3.8, 4) is 0 Å². The molecule has 0 aromatic heterocycles. The number of halogens is 2. The normalized spacial score (nSPS) is 11.9. The highest BCUT2D eigenvalue weighted by Crippen LogP contribution is 2.23. The summed E-state index contributed by atoms with van der Waals surface area (Å²) < 4.78 is 1.98. The minimum atomic E-state index is -0.882. The van der Waals surface area contributed by atoms with Crippen LogP contribution >= 0.6 is 38.5 Å². The highest BCUT2D eigenvalue weighted by Gasteiger charge is 2.13. The SMILES string of the molecule is CC(CC(=O)O)CC(=O)Nc1ccc(I)c(Br)c1. The molecule has 1 aromatic rings. The van der Waals surface area contributed by atoms with Crippen LogP contribution in [-0.4, -0.2) is 17.0 Å². The molecular formula is C12H13BrINO3. The van der Waals surface area contributed by atoms with E-state index in [-0.39, 0.29) is 24.7 Å². The maximum atomic E-state index is 11.7. The van der Waals surface area contributed by atoms with E-state index >= 15 is 0 Å². The molecule has 0 fully saturated rings. The summed E-state index contributed by atoms with van der Waals surface area (Å²) in [6.07, 6.45) is 0.208. The molecule has 1 aromatic carbocycles. The molecule has 6 heteroatoms. The Labute approximate surface area is 127 Å². The van der Waals surface area contributed by atoms with Crippen LogP contribution < -0.4 is 5.32 Å². The Bertz CT molecular complexity index is 465. The fourth-order valence-corrected chi connectivity index (χ4v) is 2.19. The van der Waals surface area contributed by atoms with Crippen LogP contribution in [0.1, 0.15) is 19.8 Å². The highest BCUT2D eigenvalue weighted by molar-refractivity contribution is 14.1. The van der Waals surface area contributed by atoms with Gasteiger partial charge in [0.2, 0.25) is 5.91 Å². The number of carboxylic acids is 1. The number of amides is 1. The lowest BCUT2D eigenvalue weighted by atomic mass is 10.0. The summed E-state index contributed by atoms with van der Waals surface area (Å²) in [4.78, 5) is 22.2. The Kier molecular flexibility index (Phi) is 6.07. The number of aliphatic carboxylic acids is 1. The van der Waals surface area contributed by atoms with Crippen LogP contribution in [-0.2, 0) is 9.59 Å². The van der Waals surface area contributed by atoms with Crippen molar-refractivity contribution in [3.05, 3.63) is 26.2 Å². The maximum Gasteiger partial charge on any atom is 0.303 e. The van der Waals surface area contributed by atoms with E-state index in [2.05, 4.69) is 43.8 Å². The smallest absolute Gasteiger partial charge is 0.303 e. The van der Waals surface area contributed by atoms with Crippen molar-refractivity contribution in [3.63, 3.8) is 0 Å². The van der Waals surface area contributed by atoms with E-state index in [1.807, 2.05) is 18.2 Å². The van der Waals surface area contributed by atoms with Gasteiger partial charge in [0.05, 0.1) is 0 Å². The number of anilines is 1. The molecule has 1 amide bonds. The topological polar surface area (TPSA) is 66.4 Å². The molecule has 18 heavy (non-hydrogen) atoms. The molecule has 0 aliphatic heterocycles. The predicted octanol–water partition coefficient (Wildman–Crippen LogP) is 3.49. The summed E-state index contributed by atoms with van der Waals surface area (Å²) in [7, 11) is 0. The molecule has 0 bridgehead atoms. The lowest BCUT2D eigenvalue weighted by Crippen LogP contribution is -2.16. The van der Waals surface area contributed by atoms with Gasteiger partial charge in [-0.05, 0) is 62.6 Å². The third-order valence-electron chi connectivity index (χ3n) is 2.26. The quantitative estimate of drug-likeness (QED) is 0.709. The number of nitrogens with one attached hydrogen (secondary N) is 1. The number of carbonyl (C=O) groups is 2. The summed E-state index contributed by atoms with van der Waals surface area (Å²) in [6.45, 7) is 1.75. The number of hydrogen-bond donors (Lipinski definition) is 2. The zero-order chi connectivity index (χ0) is 13.7. The van der Waals surface area contributed by atoms with Crippen LogP contribution in [0.5, 0.6) is 0 Å². The summed E-state index contributed by atoms with van der Waals surface area (Å²) in [5, 5.41) is 11.4. The van der Waals surface area contributed by atoms with E-state index in [1.165, 1.54) is 0 Å². The van der Waals surface area contributed by atoms with Crippen LogP contribution in [0.15, 0.2) is 22.7 Å². The van der Waals surface area contributed by atoms with E-state index in [9.17, 15) is 9.59 Å². The second-order valence-corrected chi connectivity index (χ2v) is 6.10. The van der Waals surface area contributed by atoms with Crippen LogP contribution in [0, 0.1) is 9.49 Å². The van der Waals surface area contributed by atoms with Gasteiger partial charge < -0.3 is 10.4 Å². The zero-order valence-electron chi connectivity index (χ0n) is 9.74. The molecule has 0 aliphatic carbocycles. The Morgan fingerprint density at radius 1 is 1.44 bits per heavy atom. The average Bonchev–Trinajstić information content (AvgIpc) is 2.21. The Hall–Kier alpha value is -0.630. The van der Waals surface area contributed by atoms with E-state index < -0.39 is 5.97 Å². The van der Waals surface area contributed by atoms with E-state index in [1.54, 1.807) is 6.92 Å². The van der Waals surface area contributed by atoms with Crippen LogP contribution in [0.4, 0.5) is 5.69 Å². The molecule has 1 rings (SSSR count). The van der Waals surface area contributed by atoms with Gasteiger partial charge in [0.25, 0.3) is 0 Å². The minimum absolute atomic E-state index is 0.00377. The molecule has 0 heterocycles. The molecule has 0 saturated carbocycles. The maximum absolute atomic E-state index is 11.7. The van der Waals surface area contributed by atoms with Gasteiger partial charge in [0.15, 0.2) is 0 Å². The van der Waals surface area contributed by atoms with E-state index in [0.717, 1.165) is 8.04 Å². The fourth-order valence-electron chi connectivity index (χ4n) is 1.47. The summed E-state index contributed by atoms with van der Waals surface area (Å²) in [5.41, 5.74) is 0.704. The van der Waals surface area contributed by atoms with E-state index in [4.69, 9.17) is 5.11 Å². The molecule has 2 N–H and O–H groups in total. The number of carbonyl (C=O) groups excluding carboxylic acids is 1. The lowest BCUT2D eigenvalue weighted by molar-refractivity contribution is -0.138. The van der Waals surface area contributed by atoms with Crippen LogP contribution in [0.2, 0.25) is 0 Å². The van der Waals surface area contributed by atoms with E-state index in [0.29, 0.717) is 5.69 Å². The number of hydrogen-bond acceptors (Lipinski definition) is 2. The predicted molar refractivity (Wildman–Crippen MR) is 81.5 cm³/mol. The molecule has 0 radical (unpaired) electrons. The first-order valence-electron chi connectivity index (χ1n) is 5.35. The highest BCUT2D eigenvalue weighted by atomic mass is 127. The molecule has 1 unspecified atom stereocenters. The van der Waals surface area contributed by atoms with Crippen molar-refractivity contribution in [2.75, 3.05) is 5.32 Å². The first kappa shape index (κ1) is 15.4. The fraction of sp³-hybridized carbons (Fsp3) is 0.333. The van der Waals surface area contributed by atoms with Gasteiger partial charge in [-0.25, -0.2) is 0 Å². The van der Waals surface area contributed by atoms with Crippen LogP contribution in [0.25, 0.3) is 0 Å². The van der Waals surface area contributed by atoms with Gasteiger partial charge in [0, 0.05) is 26.6 Å². The van der Waals surface area contributed by atoms with Crippen LogP contribution in [0.3, 0.4) is 0 Å². The minimum Gasteiger partial charge on any atom is -0.481 e. The van der Waals surface area contributed by atoms with Crippen molar-refractivity contribution in [2.45, 2.75) is 19.8 Å². The van der Waals surface area contributed by atoms with Crippen molar-refractivity contribution < 1.29 is 14.7 Å². The Balaban J connectivity index is 2.54. The summed E-state index contributed by atoms with van der Waals surface area (Å²) in [6, 6.07) is 5.52. The molecule has 0 saturated heterocycles. The molecular weight excluding hydrogens is 413 g/mol. The van der Waals surface area contributed by atoms with Gasteiger partial charge >= 0.3 is 5.97 Å². The van der Waals surface area contributed by atoms with Crippen molar-refractivity contribution in [1.29, 1.82) is 0 Å². The largest absolute Gasteiger partial charge is 0.481 e. The van der Waals surface area contributed by atoms with Gasteiger partial charge in [-0.2, -0.15) is 0 Å². The Morgan fingerprint density at radius 2 is 2.11 bits per heavy atom. The lowest BCUT2D eigenvalue weighted by Gasteiger charge is -2.10. The summed E-state index contributed by atoms with van der Waals surface area (Å²) >= 11 is 5.57.